The van der Waals surface area contributed by atoms with Gasteiger partial charge >= 0.3 is 5.97 Å². The van der Waals surface area contributed by atoms with Gasteiger partial charge in [-0.1, -0.05) is 0 Å². The zero-order chi connectivity index (χ0) is 13.8. The van der Waals surface area contributed by atoms with E-state index in [-0.39, 0.29) is 17.8 Å². The van der Waals surface area contributed by atoms with Gasteiger partial charge in [0.25, 0.3) is 0 Å². The van der Waals surface area contributed by atoms with E-state index >= 15 is 0 Å². The summed E-state index contributed by atoms with van der Waals surface area (Å²) in [5.41, 5.74) is 6.04. The summed E-state index contributed by atoms with van der Waals surface area (Å²) in [5, 5.41) is 7.90. The monoisotopic (exact) mass is 266 g/mol. The average Bonchev–Trinajstić information content (AvgIpc) is 2.46. The Morgan fingerprint density at radius 1 is 1.58 bits per heavy atom. The molecule has 1 saturated heterocycles. The fourth-order valence-corrected chi connectivity index (χ4v) is 1.91. The van der Waals surface area contributed by atoms with E-state index in [1.54, 1.807) is 12.1 Å². The molecular formula is C12H18N4O3. The van der Waals surface area contributed by atoms with Gasteiger partial charge in [0.05, 0.1) is 19.8 Å². The number of nitrogens with zero attached hydrogens (tertiary/aromatic N) is 3. The van der Waals surface area contributed by atoms with E-state index in [0.29, 0.717) is 19.0 Å². The number of nitrogens with two attached hydrogens (primary N) is 1. The van der Waals surface area contributed by atoms with Crippen molar-refractivity contribution >= 4 is 11.8 Å². The van der Waals surface area contributed by atoms with Crippen molar-refractivity contribution in [3.8, 4) is 0 Å². The molecule has 0 aliphatic carbocycles. The van der Waals surface area contributed by atoms with Crippen LogP contribution in [0.15, 0.2) is 12.1 Å². The zero-order valence-corrected chi connectivity index (χ0v) is 11.1. The van der Waals surface area contributed by atoms with Crippen molar-refractivity contribution in [1.82, 2.24) is 10.2 Å². The lowest BCUT2D eigenvalue weighted by Gasteiger charge is -2.35. The van der Waals surface area contributed by atoms with Crippen molar-refractivity contribution < 1.29 is 14.3 Å². The minimum Gasteiger partial charge on any atom is -0.464 e. The van der Waals surface area contributed by atoms with Gasteiger partial charge in [-0.25, -0.2) is 4.79 Å². The number of hydrogen-bond donors (Lipinski definition) is 1. The van der Waals surface area contributed by atoms with E-state index in [9.17, 15) is 4.79 Å². The van der Waals surface area contributed by atoms with E-state index < -0.39 is 5.97 Å². The molecule has 0 radical (unpaired) electrons. The van der Waals surface area contributed by atoms with Crippen LogP contribution in [0.2, 0.25) is 0 Å². The maximum atomic E-state index is 11.3. The molecule has 0 aromatic carbocycles. The zero-order valence-electron chi connectivity index (χ0n) is 11.1. The lowest BCUT2D eigenvalue weighted by atomic mass is 10.1. The highest BCUT2D eigenvalue weighted by atomic mass is 16.5. The number of methoxy groups -OCH3 is 1. The van der Waals surface area contributed by atoms with E-state index in [1.807, 2.05) is 11.8 Å². The van der Waals surface area contributed by atoms with Crippen LogP contribution < -0.4 is 10.6 Å². The Hall–Kier alpha value is -1.73. The first kappa shape index (κ1) is 13.7. The van der Waals surface area contributed by atoms with Gasteiger partial charge in [-0.05, 0) is 19.1 Å². The molecule has 0 bridgehead atoms. The first-order chi connectivity index (χ1) is 9.11. The molecular weight excluding hydrogens is 248 g/mol. The van der Waals surface area contributed by atoms with E-state index in [2.05, 4.69) is 14.9 Å². The molecule has 0 spiro atoms. The lowest BCUT2D eigenvalue weighted by Crippen LogP contribution is -2.49. The van der Waals surface area contributed by atoms with Gasteiger partial charge in [0.1, 0.15) is 0 Å². The van der Waals surface area contributed by atoms with Crippen LogP contribution in [0.4, 0.5) is 5.82 Å². The third kappa shape index (κ3) is 3.18. The largest absolute Gasteiger partial charge is 0.464 e. The predicted molar refractivity (Wildman–Crippen MR) is 69.0 cm³/mol. The molecule has 2 heterocycles. The highest BCUT2D eigenvalue weighted by Crippen LogP contribution is 2.15. The van der Waals surface area contributed by atoms with Crippen LogP contribution >= 0.6 is 0 Å². The maximum Gasteiger partial charge on any atom is 0.358 e. The quantitative estimate of drug-likeness (QED) is 0.758. The summed E-state index contributed by atoms with van der Waals surface area (Å²) in [5.74, 6) is 0.219. The molecule has 2 rings (SSSR count). The average molecular weight is 266 g/mol. The highest BCUT2D eigenvalue weighted by Gasteiger charge is 2.24. The molecule has 7 nitrogen and oxygen atoms in total. The molecule has 19 heavy (non-hydrogen) atoms. The second-order valence-electron chi connectivity index (χ2n) is 4.48. The summed E-state index contributed by atoms with van der Waals surface area (Å²) < 4.78 is 10.2. The molecule has 2 unspecified atom stereocenters. The van der Waals surface area contributed by atoms with Gasteiger partial charge < -0.3 is 20.1 Å². The van der Waals surface area contributed by atoms with Crippen LogP contribution in [0.25, 0.3) is 0 Å². The van der Waals surface area contributed by atoms with Crippen molar-refractivity contribution in [2.45, 2.75) is 19.1 Å². The van der Waals surface area contributed by atoms with Crippen molar-refractivity contribution in [3.63, 3.8) is 0 Å². The molecule has 2 N–H and O–H groups in total. The normalized spacial score (nSPS) is 21.0. The number of ether oxygens (including phenoxy) is 2. The number of rotatable bonds is 3. The second-order valence-corrected chi connectivity index (χ2v) is 4.48. The fraction of sp³-hybridized carbons (Fsp3) is 0.583. The molecule has 2 atom stereocenters. The molecule has 1 aromatic rings. The predicted octanol–water partition coefficient (Wildman–Crippen LogP) is -0.184. The number of aromatic nitrogens is 2. The summed E-state index contributed by atoms with van der Waals surface area (Å²) >= 11 is 0. The highest BCUT2D eigenvalue weighted by molar-refractivity contribution is 5.86. The smallest absolute Gasteiger partial charge is 0.358 e. The third-order valence-electron chi connectivity index (χ3n) is 3.05. The van der Waals surface area contributed by atoms with Crippen LogP contribution in [-0.2, 0) is 9.47 Å². The van der Waals surface area contributed by atoms with E-state index in [0.717, 1.165) is 6.54 Å². The van der Waals surface area contributed by atoms with Crippen molar-refractivity contribution in [3.05, 3.63) is 17.8 Å². The number of carbonyl (C=O) groups excluding carboxylic acids is 1. The number of carbonyl (C=O) groups is 1. The van der Waals surface area contributed by atoms with Gasteiger partial charge in [0.2, 0.25) is 0 Å². The Morgan fingerprint density at radius 3 is 2.95 bits per heavy atom. The number of hydrogen-bond acceptors (Lipinski definition) is 7. The third-order valence-corrected chi connectivity index (χ3v) is 3.05. The Morgan fingerprint density at radius 2 is 2.37 bits per heavy atom. The Labute approximate surface area is 111 Å². The van der Waals surface area contributed by atoms with Gasteiger partial charge in [0, 0.05) is 19.1 Å². The Kier molecular flexibility index (Phi) is 4.28. The van der Waals surface area contributed by atoms with Gasteiger partial charge in [0.15, 0.2) is 11.5 Å². The van der Waals surface area contributed by atoms with Crippen LogP contribution in [0, 0.1) is 0 Å². The molecule has 0 amide bonds. The minimum atomic E-state index is -0.491. The molecule has 1 fully saturated rings. The molecule has 1 aliphatic heterocycles. The summed E-state index contributed by atoms with van der Waals surface area (Å²) in [6.45, 7) is 3.92. The Balaban J connectivity index is 2.07. The van der Waals surface area contributed by atoms with E-state index in [4.69, 9.17) is 10.5 Å². The SMILES string of the molecule is COC(=O)c1ccc(N2CCOC(C(C)N)C2)nn1. The standard InChI is InChI=1S/C12H18N4O3/c1-8(13)10-7-16(5-6-19-10)11-4-3-9(14-15-11)12(17)18-2/h3-4,8,10H,5-7,13H2,1-2H3. The molecule has 0 saturated carbocycles. The van der Waals surface area contributed by atoms with Crippen LogP contribution in [0.3, 0.4) is 0 Å². The number of morpholine rings is 1. The first-order valence-electron chi connectivity index (χ1n) is 6.16. The van der Waals surface area contributed by atoms with Crippen LogP contribution in [0.1, 0.15) is 17.4 Å². The van der Waals surface area contributed by atoms with Crippen molar-refractivity contribution in [1.29, 1.82) is 0 Å². The minimum absolute atomic E-state index is 0.0177. The molecule has 104 valence electrons. The molecule has 1 aliphatic rings. The summed E-state index contributed by atoms with van der Waals surface area (Å²) in [4.78, 5) is 13.3. The van der Waals surface area contributed by atoms with Crippen LogP contribution in [0.5, 0.6) is 0 Å². The molecule has 7 heteroatoms. The number of esters is 1. The first-order valence-corrected chi connectivity index (χ1v) is 6.16. The van der Waals surface area contributed by atoms with Gasteiger partial charge in [-0.15, -0.1) is 10.2 Å². The topological polar surface area (TPSA) is 90.6 Å². The van der Waals surface area contributed by atoms with Gasteiger partial charge in [-0.2, -0.15) is 0 Å². The summed E-state index contributed by atoms with van der Waals surface area (Å²) in [6.07, 6.45) is -0.0177. The number of anilines is 1. The Bertz CT molecular complexity index is 435. The van der Waals surface area contributed by atoms with Gasteiger partial charge in [-0.3, -0.25) is 0 Å². The second kappa shape index (κ2) is 5.94. The maximum absolute atomic E-state index is 11.3. The fourth-order valence-electron chi connectivity index (χ4n) is 1.91. The van der Waals surface area contributed by atoms with E-state index in [1.165, 1.54) is 7.11 Å². The van der Waals surface area contributed by atoms with Crippen LogP contribution in [-0.4, -0.2) is 55.1 Å². The van der Waals surface area contributed by atoms with Crippen molar-refractivity contribution in [2.75, 3.05) is 31.7 Å². The van der Waals surface area contributed by atoms with Crippen molar-refractivity contribution in [2.24, 2.45) is 5.73 Å². The molecule has 1 aromatic heterocycles. The lowest BCUT2D eigenvalue weighted by molar-refractivity contribution is 0.0273. The summed E-state index contributed by atoms with van der Waals surface area (Å²) in [6, 6.07) is 3.32. The summed E-state index contributed by atoms with van der Waals surface area (Å²) in [7, 11) is 1.31.